The molecule has 1 aromatic heterocycles. The number of rotatable bonds is 3. The van der Waals surface area contributed by atoms with Gasteiger partial charge in [0.1, 0.15) is 5.52 Å². The van der Waals surface area contributed by atoms with E-state index in [4.69, 9.17) is 15.1 Å². The molecule has 0 spiro atoms. The van der Waals surface area contributed by atoms with Crippen molar-refractivity contribution in [3.63, 3.8) is 0 Å². The highest BCUT2D eigenvalue weighted by molar-refractivity contribution is 5.77. The zero-order valence-electron chi connectivity index (χ0n) is 15.9. The fourth-order valence-electron chi connectivity index (χ4n) is 4.56. The van der Waals surface area contributed by atoms with Gasteiger partial charge in [0, 0.05) is 11.3 Å². The average molecular weight is 348 g/mol. The number of hydrogen-bond donors (Lipinski definition) is 1. The van der Waals surface area contributed by atoms with Crippen molar-refractivity contribution in [1.29, 1.82) is 0 Å². The summed E-state index contributed by atoms with van der Waals surface area (Å²) in [5.41, 5.74) is 10.7. The topological polar surface area (TPSA) is 52.0 Å². The Morgan fingerprint density at radius 1 is 1.12 bits per heavy atom. The van der Waals surface area contributed by atoms with E-state index in [0.29, 0.717) is 17.7 Å². The lowest BCUT2D eigenvalue weighted by Crippen LogP contribution is -2.26. The van der Waals surface area contributed by atoms with Crippen LogP contribution in [0.5, 0.6) is 0 Å². The molecule has 3 nitrogen and oxygen atoms in total. The molecular formula is C23H28N2O. The Kier molecular flexibility index (Phi) is 4.47. The van der Waals surface area contributed by atoms with Crippen molar-refractivity contribution in [1.82, 2.24) is 4.98 Å². The number of nitrogen functional groups attached to an aromatic ring is 1. The lowest BCUT2D eigenvalue weighted by Gasteiger charge is -2.37. The third-order valence-electron chi connectivity index (χ3n) is 6.00. The minimum atomic E-state index is 0.621. The minimum Gasteiger partial charge on any atom is -0.436 e. The molecule has 1 saturated carbocycles. The number of fused-ring (bicyclic) bond motifs is 1. The van der Waals surface area contributed by atoms with E-state index in [9.17, 15) is 0 Å². The predicted molar refractivity (Wildman–Crippen MR) is 108 cm³/mol. The van der Waals surface area contributed by atoms with Crippen LogP contribution >= 0.6 is 0 Å². The smallest absolute Gasteiger partial charge is 0.227 e. The quantitative estimate of drug-likeness (QED) is 0.569. The Morgan fingerprint density at radius 3 is 2.73 bits per heavy atom. The van der Waals surface area contributed by atoms with E-state index in [-0.39, 0.29) is 0 Å². The molecule has 1 heterocycles. The summed E-state index contributed by atoms with van der Waals surface area (Å²) in [5, 5.41) is 0. The molecule has 136 valence electrons. The maximum atomic E-state index is 5.98. The molecule has 1 aliphatic carbocycles. The maximum absolute atomic E-state index is 5.98. The van der Waals surface area contributed by atoms with Crippen LogP contribution < -0.4 is 5.73 Å². The highest BCUT2D eigenvalue weighted by Gasteiger charge is 2.32. The highest BCUT2D eigenvalue weighted by atomic mass is 16.3. The number of hydrogen-bond acceptors (Lipinski definition) is 3. The maximum Gasteiger partial charge on any atom is 0.227 e. The molecule has 1 fully saturated rings. The van der Waals surface area contributed by atoms with Gasteiger partial charge in [-0.15, -0.1) is 0 Å². The molecule has 0 amide bonds. The monoisotopic (exact) mass is 348 g/mol. The molecule has 3 unspecified atom stereocenters. The van der Waals surface area contributed by atoms with Crippen molar-refractivity contribution in [3.8, 4) is 11.5 Å². The van der Waals surface area contributed by atoms with E-state index in [1.165, 1.54) is 24.8 Å². The van der Waals surface area contributed by atoms with Crippen molar-refractivity contribution in [2.45, 2.75) is 46.0 Å². The zero-order valence-corrected chi connectivity index (χ0v) is 15.9. The van der Waals surface area contributed by atoms with Gasteiger partial charge in [-0.05, 0) is 72.4 Å². The van der Waals surface area contributed by atoms with Gasteiger partial charge in [-0.1, -0.05) is 39.3 Å². The van der Waals surface area contributed by atoms with Gasteiger partial charge < -0.3 is 10.2 Å². The molecule has 3 aromatic rings. The first-order valence-corrected chi connectivity index (χ1v) is 9.77. The second-order valence-electron chi connectivity index (χ2n) is 8.30. The third kappa shape index (κ3) is 3.23. The van der Waals surface area contributed by atoms with Crippen molar-refractivity contribution in [2.75, 3.05) is 5.73 Å². The van der Waals surface area contributed by atoms with Crippen molar-refractivity contribution in [3.05, 3.63) is 48.0 Å². The second kappa shape index (κ2) is 6.79. The van der Waals surface area contributed by atoms with Gasteiger partial charge in [-0.3, -0.25) is 0 Å². The normalized spacial score (nSPS) is 23.6. The molecule has 4 rings (SSSR count). The summed E-state index contributed by atoms with van der Waals surface area (Å²) in [6.07, 6.45) is 3.95. The van der Waals surface area contributed by atoms with E-state index >= 15 is 0 Å². The summed E-state index contributed by atoms with van der Waals surface area (Å²) >= 11 is 0. The summed E-state index contributed by atoms with van der Waals surface area (Å²) in [5.74, 6) is 3.52. The standard InChI is InChI=1S/C23H28N2O/c1-14(2)19-9-7-15(3)11-20(19)16-8-10-22-21(13-16)25-23(26-22)17-5-4-6-18(24)12-17/h4-6,8,10,12-15,19-20H,7,9,11,24H2,1-3H3. The van der Waals surface area contributed by atoms with Crippen molar-refractivity contribution < 1.29 is 4.42 Å². The van der Waals surface area contributed by atoms with Crippen LogP contribution in [0, 0.1) is 17.8 Å². The Balaban J connectivity index is 1.71. The van der Waals surface area contributed by atoms with Gasteiger partial charge >= 0.3 is 0 Å². The van der Waals surface area contributed by atoms with Crippen LogP contribution in [0.25, 0.3) is 22.6 Å². The molecule has 26 heavy (non-hydrogen) atoms. The van der Waals surface area contributed by atoms with Crippen molar-refractivity contribution in [2.24, 2.45) is 17.8 Å². The minimum absolute atomic E-state index is 0.621. The molecule has 0 bridgehead atoms. The molecule has 2 aromatic carbocycles. The number of nitrogens with two attached hydrogens (primary N) is 1. The van der Waals surface area contributed by atoms with E-state index in [1.807, 2.05) is 24.3 Å². The SMILES string of the molecule is CC1CCC(C(C)C)C(c2ccc3oc(-c4cccc(N)c4)nc3c2)C1. The summed E-state index contributed by atoms with van der Waals surface area (Å²) in [6, 6.07) is 14.3. The lowest BCUT2D eigenvalue weighted by molar-refractivity contribution is 0.197. The van der Waals surface area contributed by atoms with Gasteiger partial charge in [0.05, 0.1) is 0 Å². The largest absolute Gasteiger partial charge is 0.436 e. The molecule has 2 N–H and O–H groups in total. The van der Waals surface area contributed by atoms with Crippen LogP contribution in [0.4, 0.5) is 5.69 Å². The predicted octanol–water partition coefficient (Wildman–Crippen LogP) is 6.25. The number of nitrogens with zero attached hydrogens (tertiary/aromatic N) is 1. The van der Waals surface area contributed by atoms with Crippen LogP contribution in [0.1, 0.15) is 51.5 Å². The highest BCUT2D eigenvalue weighted by Crippen LogP contribution is 2.44. The van der Waals surface area contributed by atoms with Crippen LogP contribution in [-0.2, 0) is 0 Å². The fraction of sp³-hybridized carbons (Fsp3) is 0.435. The van der Waals surface area contributed by atoms with E-state index in [2.05, 4.69) is 39.0 Å². The van der Waals surface area contributed by atoms with E-state index in [1.54, 1.807) is 0 Å². The lowest BCUT2D eigenvalue weighted by atomic mass is 9.67. The Labute approximate surface area is 155 Å². The molecule has 3 atom stereocenters. The number of benzene rings is 2. The first kappa shape index (κ1) is 17.1. The fourth-order valence-corrected chi connectivity index (χ4v) is 4.56. The third-order valence-corrected chi connectivity index (χ3v) is 6.00. The van der Waals surface area contributed by atoms with Gasteiger partial charge in [0.2, 0.25) is 5.89 Å². The van der Waals surface area contributed by atoms with Crippen LogP contribution in [0.3, 0.4) is 0 Å². The summed E-state index contributed by atoms with van der Waals surface area (Å²) in [6.45, 7) is 7.11. The Bertz CT molecular complexity index is 911. The number of aromatic nitrogens is 1. The molecule has 3 heteroatoms. The van der Waals surface area contributed by atoms with Gasteiger partial charge in [0.25, 0.3) is 0 Å². The van der Waals surface area contributed by atoms with Crippen molar-refractivity contribution >= 4 is 16.8 Å². The van der Waals surface area contributed by atoms with Gasteiger partial charge in [0.15, 0.2) is 5.58 Å². The first-order chi connectivity index (χ1) is 12.5. The van der Waals surface area contributed by atoms with E-state index in [0.717, 1.165) is 34.2 Å². The average Bonchev–Trinajstić information content (AvgIpc) is 3.04. The van der Waals surface area contributed by atoms with Gasteiger partial charge in [-0.2, -0.15) is 0 Å². The Morgan fingerprint density at radius 2 is 1.96 bits per heavy atom. The summed E-state index contributed by atoms with van der Waals surface area (Å²) in [7, 11) is 0. The molecular weight excluding hydrogens is 320 g/mol. The number of oxazole rings is 1. The summed E-state index contributed by atoms with van der Waals surface area (Å²) < 4.78 is 5.98. The zero-order chi connectivity index (χ0) is 18.3. The molecule has 0 saturated heterocycles. The van der Waals surface area contributed by atoms with Gasteiger partial charge in [-0.25, -0.2) is 4.98 Å². The van der Waals surface area contributed by atoms with E-state index < -0.39 is 0 Å². The molecule has 0 radical (unpaired) electrons. The molecule has 0 aliphatic heterocycles. The second-order valence-corrected chi connectivity index (χ2v) is 8.30. The summed E-state index contributed by atoms with van der Waals surface area (Å²) in [4.78, 5) is 4.75. The van der Waals surface area contributed by atoms with Crippen LogP contribution in [0.2, 0.25) is 0 Å². The van der Waals surface area contributed by atoms with Crippen LogP contribution in [-0.4, -0.2) is 4.98 Å². The van der Waals surface area contributed by atoms with Crippen LogP contribution in [0.15, 0.2) is 46.9 Å². The number of anilines is 1. The first-order valence-electron chi connectivity index (χ1n) is 9.77. The molecule has 1 aliphatic rings. The Hall–Kier alpha value is -2.29.